The molecule has 1 N–H and O–H groups in total. The summed E-state index contributed by atoms with van der Waals surface area (Å²) in [7, 11) is 0. The lowest BCUT2D eigenvalue weighted by molar-refractivity contribution is 0.0946. The molecule has 0 bridgehead atoms. The lowest BCUT2D eigenvalue weighted by Crippen LogP contribution is -2.28. The van der Waals surface area contributed by atoms with E-state index in [1.54, 1.807) is 18.2 Å². The highest BCUT2D eigenvalue weighted by Gasteiger charge is 2.14. The summed E-state index contributed by atoms with van der Waals surface area (Å²) in [5, 5.41) is 2.87. The number of carbonyl (C=O) groups is 1. The molecule has 1 aliphatic rings. The number of hydrogen-bond donors (Lipinski definition) is 1. The fraction of sp³-hybridized carbons (Fsp3) is 0.174. The van der Waals surface area contributed by atoms with Crippen LogP contribution in [0.25, 0.3) is 11.1 Å². The second-order valence-corrected chi connectivity index (χ2v) is 6.32. The van der Waals surface area contributed by atoms with E-state index in [0.29, 0.717) is 43.4 Å². The number of benzene rings is 3. The maximum atomic E-state index is 12.4. The third-order valence-corrected chi connectivity index (χ3v) is 4.42. The number of nitrogens with one attached hydrogen (secondary N) is 1. The van der Waals surface area contributed by atoms with Gasteiger partial charge in [0.15, 0.2) is 11.5 Å². The van der Waals surface area contributed by atoms with Gasteiger partial charge in [-0.2, -0.15) is 0 Å². The molecular formula is C23H21NO4. The van der Waals surface area contributed by atoms with Gasteiger partial charge in [0, 0.05) is 11.1 Å². The third-order valence-electron chi connectivity index (χ3n) is 4.42. The molecule has 0 spiro atoms. The van der Waals surface area contributed by atoms with Crippen LogP contribution in [0.4, 0.5) is 0 Å². The summed E-state index contributed by atoms with van der Waals surface area (Å²) in [5.74, 6) is 1.90. The van der Waals surface area contributed by atoms with E-state index in [4.69, 9.17) is 14.2 Å². The monoisotopic (exact) mass is 375 g/mol. The molecule has 0 atom stereocenters. The van der Waals surface area contributed by atoms with Gasteiger partial charge in [-0.25, -0.2) is 0 Å². The molecule has 0 fully saturated rings. The van der Waals surface area contributed by atoms with Gasteiger partial charge >= 0.3 is 0 Å². The molecule has 0 radical (unpaired) electrons. The molecular weight excluding hydrogens is 354 g/mol. The first kappa shape index (κ1) is 17.9. The van der Waals surface area contributed by atoms with Crippen LogP contribution in [0.1, 0.15) is 10.4 Å². The van der Waals surface area contributed by atoms with Gasteiger partial charge in [0.2, 0.25) is 0 Å². The van der Waals surface area contributed by atoms with E-state index in [9.17, 15) is 4.79 Å². The van der Waals surface area contributed by atoms with E-state index in [2.05, 4.69) is 5.32 Å². The van der Waals surface area contributed by atoms with Crippen LogP contribution in [0, 0.1) is 0 Å². The van der Waals surface area contributed by atoms with E-state index in [0.717, 1.165) is 16.9 Å². The minimum absolute atomic E-state index is 0.170. The summed E-state index contributed by atoms with van der Waals surface area (Å²) in [5.41, 5.74) is 2.66. The van der Waals surface area contributed by atoms with E-state index in [1.165, 1.54) is 0 Å². The normalized spacial score (nSPS) is 12.3. The molecule has 5 nitrogen and oxygen atoms in total. The van der Waals surface area contributed by atoms with Crippen molar-refractivity contribution in [3.05, 3.63) is 78.4 Å². The third kappa shape index (κ3) is 4.09. The molecule has 0 aliphatic carbocycles. The SMILES string of the molecule is O=C(NCCOc1ccccc1-c1ccccc1)c1ccc2c(c1)OCCO2. The number of rotatable bonds is 6. The molecule has 0 unspecified atom stereocenters. The van der Waals surface area contributed by atoms with Crippen molar-refractivity contribution in [2.45, 2.75) is 0 Å². The lowest BCUT2D eigenvalue weighted by atomic mass is 10.1. The fourth-order valence-electron chi connectivity index (χ4n) is 3.06. The van der Waals surface area contributed by atoms with Crippen molar-refractivity contribution in [1.82, 2.24) is 5.32 Å². The minimum atomic E-state index is -0.170. The topological polar surface area (TPSA) is 56.8 Å². The van der Waals surface area contributed by atoms with E-state index < -0.39 is 0 Å². The highest BCUT2D eigenvalue weighted by atomic mass is 16.6. The Morgan fingerprint density at radius 1 is 0.893 bits per heavy atom. The maximum Gasteiger partial charge on any atom is 0.251 e. The first-order valence-electron chi connectivity index (χ1n) is 9.26. The van der Waals surface area contributed by atoms with Crippen LogP contribution in [-0.4, -0.2) is 32.3 Å². The van der Waals surface area contributed by atoms with Crippen molar-refractivity contribution < 1.29 is 19.0 Å². The summed E-state index contributed by atoms with van der Waals surface area (Å²) in [6.45, 7) is 1.80. The van der Waals surface area contributed by atoms with Gasteiger partial charge in [0.05, 0.1) is 6.54 Å². The van der Waals surface area contributed by atoms with Crippen molar-refractivity contribution in [1.29, 1.82) is 0 Å². The Kier molecular flexibility index (Phi) is 5.43. The predicted octanol–water partition coefficient (Wildman–Crippen LogP) is 3.93. The number of amides is 1. The average Bonchev–Trinajstić information content (AvgIpc) is 2.77. The molecule has 3 aromatic rings. The quantitative estimate of drug-likeness (QED) is 0.663. The molecule has 4 rings (SSSR count). The van der Waals surface area contributed by atoms with Crippen LogP contribution in [0.2, 0.25) is 0 Å². The van der Waals surface area contributed by atoms with Gasteiger partial charge in [-0.15, -0.1) is 0 Å². The highest BCUT2D eigenvalue weighted by Crippen LogP contribution is 2.31. The van der Waals surface area contributed by atoms with Crippen LogP contribution in [0.5, 0.6) is 17.2 Å². The second-order valence-electron chi connectivity index (χ2n) is 6.32. The maximum absolute atomic E-state index is 12.4. The lowest BCUT2D eigenvalue weighted by Gasteiger charge is -2.18. The Bertz CT molecular complexity index is 956. The molecule has 142 valence electrons. The van der Waals surface area contributed by atoms with Crippen LogP contribution in [-0.2, 0) is 0 Å². The first-order chi connectivity index (χ1) is 13.8. The van der Waals surface area contributed by atoms with E-state index in [1.807, 2.05) is 54.6 Å². The van der Waals surface area contributed by atoms with Crippen molar-refractivity contribution >= 4 is 5.91 Å². The number of fused-ring (bicyclic) bond motifs is 1. The van der Waals surface area contributed by atoms with Crippen molar-refractivity contribution in [2.75, 3.05) is 26.4 Å². The Morgan fingerprint density at radius 3 is 2.50 bits per heavy atom. The average molecular weight is 375 g/mol. The van der Waals surface area contributed by atoms with Gasteiger partial charge in [-0.05, 0) is 29.8 Å². The molecule has 1 heterocycles. The molecule has 0 saturated carbocycles. The largest absolute Gasteiger partial charge is 0.491 e. The number of ether oxygens (including phenoxy) is 3. The fourth-order valence-corrected chi connectivity index (χ4v) is 3.06. The van der Waals surface area contributed by atoms with Gasteiger partial charge in [-0.1, -0.05) is 48.5 Å². The molecule has 3 aromatic carbocycles. The molecule has 1 amide bonds. The van der Waals surface area contributed by atoms with Crippen LogP contribution in [0.3, 0.4) is 0 Å². The van der Waals surface area contributed by atoms with Gasteiger partial charge in [0.25, 0.3) is 5.91 Å². The highest BCUT2D eigenvalue weighted by molar-refractivity contribution is 5.94. The zero-order valence-electron chi connectivity index (χ0n) is 15.4. The second kappa shape index (κ2) is 8.48. The molecule has 28 heavy (non-hydrogen) atoms. The summed E-state index contributed by atoms with van der Waals surface area (Å²) >= 11 is 0. The molecule has 5 heteroatoms. The van der Waals surface area contributed by atoms with Gasteiger partial charge < -0.3 is 19.5 Å². The minimum Gasteiger partial charge on any atom is -0.491 e. The number of para-hydroxylation sites is 1. The Balaban J connectivity index is 1.33. The summed E-state index contributed by atoms with van der Waals surface area (Å²) in [4.78, 5) is 12.4. The summed E-state index contributed by atoms with van der Waals surface area (Å²) in [6, 6.07) is 23.2. The Hall–Kier alpha value is -3.47. The van der Waals surface area contributed by atoms with Crippen molar-refractivity contribution in [3.63, 3.8) is 0 Å². The smallest absolute Gasteiger partial charge is 0.251 e. The molecule has 1 aliphatic heterocycles. The molecule has 0 saturated heterocycles. The standard InChI is InChI=1S/C23H21NO4/c25-23(18-10-11-21-22(16-18)28-15-14-27-21)24-12-13-26-20-9-5-4-8-19(20)17-6-2-1-3-7-17/h1-11,16H,12-15H2,(H,24,25). The Labute approximate surface area is 163 Å². The summed E-state index contributed by atoms with van der Waals surface area (Å²) < 4.78 is 16.9. The molecule has 0 aromatic heterocycles. The van der Waals surface area contributed by atoms with E-state index >= 15 is 0 Å². The Morgan fingerprint density at radius 2 is 1.64 bits per heavy atom. The van der Waals surface area contributed by atoms with Gasteiger partial charge in [-0.3, -0.25) is 4.79 Å². The van der Waals surface area contributed by atoms with Crippen LogP contribution < -0.4 is 19.5 Å². The van der Waals surface area contributed by atoms with Crippen LogP contribution in [0.15, 0.2) is 72.8 Å². The van der Waals surface area contributed by atoms with Crippen LogP contribution >= 0.6 is 0 Å². The predicted molar refractivity (Wildman–Crippen MR) is 107 cm³/mol. The van der Waals surface area contributed by atoms with Crippen molar-refractivity contribution in [2.24, 2.45) is 0 Å². The van der Waals surface area contributed by atoms with E-state index in [-0.39, 0.29) is 5.91 Å². The zero-order valence-corrected chi connectivity index (χ0v) is 15.4. The number of hydrogen-bond acceptors (Lipinski definition) is 4. The zero-order chi connectivity index (χ0) is 19.2. The number of carbonyl (C=O) groups excluding carboxylic acids is 1. The summed E-state index contributed by atoms with van der Waals surface area (Å²) in [6.07, 6.45) is 0. The first-order valence-corrected chi connectivity index (χ1v) is 9.26. The van der Waals surface area contributed by atoms with Gasteiger partial charge in [0.1, 0.15) is 25.6 Å². The van der Waals surface area contributed by atoms with Crippen molar-refractivity contribution in [3.8, 4) is 28.4 Å².